The Bertz CT molecular complexity index is 751. The van der Waals surface area contributed by atoms with Crippen molar-refractivity contribution in [3.8, 4) is 5.75 Å². The van der Waals surface area contributed by atoms with Crippen LogP contribution in [-0.2, 0) is 6.54 Å². The van der Waals surface area contributed by atoms with Gasteiger partial charge in [-0.2, -0.15) is 0 Å². The van der Waals surface area contributed by atoms with Crippen LogP contribution >= 0.6 is 0 Å². The fourth-order valence-corrected chi connectivity index (χ4v) is 3.24. The number of anilines is 1. The molecular formula is C21H29N5O. The smallest absolute Gasteiger partial charge is 0.194 e. The number of pyridine rings is 1. The van der Waals surface area contributed by atoms with Gasteiger partial charge in [0.2, 0.25) is 0 Å². The maximum Gasteiger partial charge on any atom is 0.194 e. The maximum atomic E-state index is 5.25. The van der Waals surface area contributed by atoms with E-state index in [1.165, 1.54) is 5.69 Å². The fraction of sp³-hybridized carbons (Fsp3) is 0.429. The van der Waals surface area contributed by atoms with Gasteiger partial charge in [-0.25, -0.2) is 4.99 Å². The van der Waals surface area contributed by atoms with E-state index in [-0.39, 0.29) is 0 Å². The zero-order valence-electron chi connectivity index (χ0n) is 16.5. The van der Waals surface area contributed by atoms with Gasteiger partial charge >= 0.3 is 0 Å². The minimum absolute atomic E-state index is 0.600. The summed E-state index contributed by atoms with van der Waals surface area (Å²) in [5.74, 6) is 1.86. The molecule has 6 heteroatoms. The SMILES string of the molecule is CCNC(=NCc1cccc(C)n1)N1CCN(c2ccc(OC)cc2)CC1. The molecule has 0 saturated carbocycles. The maximum absolute atomic E-state index is 5.25. The first kappa shape index (κ1) is 19.0. The molecule has 1 aliphatic rings. The average Bonchev–Trinajstić information content (AvgIpc) is 2.71. The van der Waals surface area contributed by atoms with Crippen LogP contribution in [0.5, 0.6) is 5.75 Å². The highest BCUT2D eigenvalue weighted by atomic mass is 16.5. The minimum atomic E-state index is 0.600. The normalized spacial score (nSPS) is 15.0. The van der Waals surface area contributed by atoms with Gasteiger partial charge < -0.3 is 19.9 Å². The lowest BCUT2D eigenvalue weighted by Gasteiger charge is -2.37. The number of hydrogen-bond donors (Lipinski definition) is 1. The summed E-state index contributed by atoms with van der Waals surface area (Å²) in [4.78, 5) is 14.1. The standard InChI is InChI=1S/C21H29N5O/c1-4-22-21(23-16-18-7-5-6-17(2)24-18)26-14-12-25(13-15-26)19-8-10-20(27-3)11-9-19/h5-11H,4,12-16H2,1-3H3,(H,22,23). The molecule has 0 amide bonds. The molecule has 2 heterocycles. The van der Waals surface area contributed by atoms with Gasteiger partial charge in [0.25, 0.3) is 0 Å². The van der Waals surface area contributed by atoms with Gasteiger partial charge in [-0.1, -0.05) is 6.07 Å². The Balaban J connectivity index is 1.61. The van der Waals surface area contributed by atoms with E-state index in [1.807, 2.05) is 37.3 Å². The molecule has 3 rings (SSSR count). The second-order valence-electron chi connectivity index (χ2n) is 6.61. The van der Waals surface area contributed by atoms with Gasteiger partial charge in [0.15, 0.2) is 5.96 Å². The van der Waals surface area contributed by atoms with Crippen molar-refractivity contribution in [3.63, 3.8) is 0 Å². The molecule has 0 atom stereocenters. The van der Waals surface area contributed by atoms with E-state index in [4.69, 9.17) is 9.73 Å². The van der Waals surface area contributed by atoms with Gasteiger partial charge in [0.05, 0.1) is 19.3 Å². The highest BCUT2D eigenvalue weighted by Crippen LogP contribution is 2.20. The zero-order chi connectivity index (χ0) is 19.1. The summed E-state index contributed by atoms with van der Waals surface area (Å²) in [7, 11) is 1.70. The number of aromatic nitrogens is 1. The largest absolute Gasteiger partial charge is 0.497 e. The Labute approximate surface area is 161 Å². The van der Waals surface area contributed by atoms with Gasteiger partial charge in [-0.3, -0.25) is 4.98 Å². The molecule has 1 N–H and O–H groups in total. The summed E-state index contributed by atoms with van der Waals surface area (Å²) in [6.07, 6.45) is 0. The van der Waals surface area contributed by atoms with Gasteiger partial charge in [-0.15, -0.1) is 0 Å². The molecule has 27 heavy (non-hydrogen) atoms. The summed E-state index contributed by atoms with van der Waals surface area (Å²) in [6, 6.07) is 14.4. The van der Waals surface area contributed by atoms with Crippen LogP contribution in [-0.4, -0.2) is 55.7 Å². The van der Waals surface area contributed by atoms with Crippen molar-refractivity contribution < 1.29 is 4.74 Å². The fourth-order valence-electron chi connectivity index (χ4n) is 3.24. The summed E-state index contributed by atoms with van der Waals surface area (Å²) < 4.78 is 5.25. The number of aryl methyl sites for hydroxylation is 1. The summed E-state index contributed by atoms with van der Waals surface area (Å²) in [6.45, 7) is 9.41. The average molecular weight is 367 g/mol. The second-order valence-corrected chi connectivity index (χ2v) is 6.61. The Kier molecular flexibility index (Phi) is 6.52. The Morgan fingerprint density at radius 3 is 2.48 bits per heavy atom. The molecule has 1 aromatic carbocycles. The van der Waals surface area contributed by atoms with E-state index in [0.717, 1.165) is 55.8 Å². The molecule has 0 unspecified atom stereocenters. The van der Waals surface area contributed by atoms with Crippen LogP contribution in [0.3, 0.4) is 0 Å². The predicted molar refractivity (Wildman–Crippen MR) is 111 cm³/mol. The topological polar surface area (TPSA) is 53.0 Å². The van der Waals surface area contributed by atoms with Crippen LogP contribution < -0.4 is 15.0 Å². The zero-order valence-corrected chi connectivity index (χ0v) is 16.5. The number of nitrogens with zero attached hydrogens (tertiary/aromatic N) is 4. The van der Waals surface area contributed by atoms with Crippen LogP contribution in [0.25, 0.3) is 0 Å². The highest BCUT2D eigenvalue weighted by Gasteiger charge is 2.19. The number of hydrogen-bond acceptors (Lipinski definition) is 4. The molecule has 0 spiro atoms. The van der Waals surface area contributed by atoms with Crippen molar-refractivity contribution in [1.29, 1.82) is 0 Å². The van der Waals surface area contributed by atoms with Gasteiger partial charge in [0, 0.05) is 44.1 Å². The highest BCUT2D eigenvalue weighted by molar-refractivity contribution is 5.80. The van der Waals surface area contributed by atoms with E-state index in [0.29, 0.717) is 6.54 Å². The summed E-state index contributed by atoms with van der Waals surface area (Å²) in [5, 5.41) is 3.42. The lowest BCUT2D eigenvalue weighted by molar-refractivity contribution is 0.372. The second kappa shape index (κ2) is 9.26. The molecule has 144 valence electrons. The molecule has 0 aliphatic carbocycles. The third-order valence-corrected chi connectivity index (χ3v) is 4.69. The number of guanidine groups is 1. The first-order valence-corrected chi connectivity index (χ1v) is 9.54. The lowest BCUT2D eigenvalue weighted by Crippen LogP contribution is -2.52. The summed E-state index contributed by atoms with van der Waals surface area (Å²) in [5.41, 5.74) is 3.27. The van der Waals surface area contributed by atoms with Crippen LogP contribution in [0.4, 0.5) is 5.69 Å². The molecule has 1 aliphatic heterocycles. The number of nitrogens with one attached hydrogen (secondary N) is 1. The first-order chi connectivity index (χ1) is 13.2. The molecular weight excluding hydrogens is 338 g/mol. The van der Waals surface area contributed by atoms with Gasteiger partial charge in [-0.05, 0) is 50.2 Å². The van der Waals surface area contributed by atoms with E-state index in [2.05, 4.69) is 39.2 Å². The number of rotatable bonds is 5. The molecule has 2 aromatic rings. The van der Waals surface area contributed by atoms with Crippen molar-refractivity contribution in [3.05, 3.63) is 53.9 Å². The van der Waals surface area contributed by atoms with E-state index < -0.39 is 0 Å². The van der Waals surface area contributed by atoms with Crippen LogP contribution in [0.2, 0.25) is 0 Å². The monoisotopic (exact) mass is 367 g/mol. The van der Waals surface area contributed by atoms with Crippen LogP contribution in [0.1, 0.15) is 18.3 Å². The minimum Gasteiger partial charge on any atom is -0.497 e. The Morgan fingerprint density at radius 2 is 1.85 bits per heavy atom. The molecule has 1 saturated heterocycles. The van der Waals surface area contributed by atoms with Crippen molar-refractivity contribution in [2.24, 2.45) is 4.99 Å². The van der Waals surface area contributed by atoms with E-state index in [9.17, 15) is 0 Å². The quantitative estimate of drug-likeness (QED) is 0.650. The molecule has 0 radical (unpaired) electrons. The van der Waals surface area contributed by atoms with Crippen molar-refractivity contribution in [1.82, 2.24) is 15.2 Å². The molecule has 0 bridgehead atoms. The molecule has 1 aromatic heterocycles. The van der Waals surface area contributed by atoms with Crippen molar-refractivity contribution >= 4 is 11.6 Å². The third kappa shape index (κ3) is 5.12. The number of ether oxygens (including phenoxy) is 1. The predicted octanol–water partition coefficient (Wildman–Crippen LogP) is 2.69. The number of aliphatic imine (C=N–C) groups is 1. The Morgan fingerprint density at radius 1 is 1.11 bits per heavy atom. The number of methoxy groups -OCH3 is 1. The van der Waals surface area contributed by atoms with Crippen molar-refractivity contribution in [2.45, 2.75) is 20.4 Å². The lowest BCUT2D eigenvalue weighted by atomic mass is 10.2. The van der Waals surface area contributed by atoms with Crippen LogP contribution in [0, 0.1) is 6.92 Å². The van der Waals surface area contributed by atoms with Crippen molar-refractivity contribution in [2.75, 3.05) is 44.7 Å². The third-order valence-electron chi connectivity index (χ3n) is 4.69. The molecule has 1 fully saturated rings. The van der Waals surface area contributed by atoms with Crippen LogP contribution in [0.15, 0.2) is 47.5 Å². The van der Waals surface area contributed by atoms with E-state index in [1.54, 1.807) is 7.11 Å². The Hall–Kier alpha value is -2.76. The van der Waals surface area contributed by atoms with E-state index >= 15 is 0 Å². The van der Waals surface area contributed by atoms with Gasteiger partial charge in [0.1, 0.15) is 5.75 Å². The number of piperazine rings is 1. The number of benzene rings is 1. The molecule has 6 nitrogen and oxygen atoms in total. The summed E-state index contributed by atoms with van der Waals surface area (Å²) >= 11 is 0. The first-order valence-electron chi connectivity index (χ1n) is 9.54.